The second-order valence-corrected chi connectivity index (χ2v) is 7.19. The fourth-order valence-corrected chi connectivity index (χ4v) is 2.42. The first-order valence-electron chi connectivity index (χ1n) is 9.70. The summed E-state index contributed by atoms with van der Waals surface area (Å²) >= 11 is 0. The number of nitrogens with one attached hydrogen (secondary N) is 2. The third-order valence-corrected chi connectivity index (χ3v) is 4.27. The van der Waals surface area contributed by atoms with Gasteiger partial charge in [-0.3, -0.25) is 19.4 Å². The van der Waals surface area contributed by atoms with E-state index in [1.807, 2.05) is 6.92 Å². The highest BCUT2D eigenvalue weighted by atomic mass is 16.3. The standard InChI is InChI=1S/C18H36N6O4/c1-4-5-7-13(23-15(26)10-14(25)11(2)3)17(28)24-12(16(19)27)8-6-9-22-18(20)21/h11-14,25H,4-10H2,1-3H3,(H2,19,27)(H,23,26)(H,24,28)(H4,20,21,22)/t12?,13-,14?/m0/s1. The highest BCUT2D eigenvalue weighted by Gasteiger charge is 2.26. The van der Waals surface area contributed by atoms with Crippen LogP contribution in [0.1, 0.15) is 59.3 Å². The first kappa shape index (κ1) is 25.6. The van der Waals surface area contributed by atoms with Gasteiger partial charge in [0.05, 0.1) is 12.5 Å². The average molecular weight is 401 g/mol. The van der Waals surface area contributed by atoms with Crippen LogP contribution in [0.25, 0.3) is 0 Å². The van der Waals surface area contributed by atoms with Gasteiger partial charge < -0.3 is 32.9 Å². The van der Waals surface area contributed by atoms with Gasteiger partial charge in [-0.25, -0.2) is 0 Å². The number of nitrogens with zero attached hydrogens (tertiary/aromatic N) is 1. The van der Waals surface area contributed by atoms with Crippen molar-refractivity contribution in [3.05, 3.63) is 0 Å². The van der Waals surface area contributed by atoms with Gasteiger partial charge in [-0.15, -0.1) is 0 Å². The predicted octanol–water partition coefficient (Wildman–Crippen LogP) is -0.908. The molecule has 0 aliphatic rings. The van der Waals surface area contributed by atoms with E-state index in [1.54, 1.807) is 13.8 Å². The van der Waals surface area contributed by atoms with Crippen LogP contribution in [0.2, 0.25) is 0 Å². The zero-order chi connectivity index (χ0) is 21.7. The van der Waals surface area contributed by atoms with Gasteiger partial charge in [-0.1, -0.05) is 33.6 Å². The molecule has 0 aromatic carbocycles. The Bertz CT molecular complexity index is 534. The molecule has 10 heteroatoms. The number of primary amides is 1. The van der Waals surface area contributed by atoms with Gasteiger partial charge in [0.2, 0.25) is 17.7 Å². The molecule has 0 bridgehead atoms. The molecule has 0 fully saturated rings. The number of unbranched alkanes of at least 4 members (excludes halogenated alkanes) is 1. The molecule has 0 saturated heterocycles. The lowest BCUT2D eigenvalue weighted by atomic mass is 10.0. The Morgan fingerprint density at radius 1 is 1.00 bits per heavy atom. The Morgan fingerprint density at radius 2 is 1.61 bits per heavy atom. The molecular weight excluding hydrogens is 364 g/mol. The maximum atomic E-state index is 12.6. The predicted molar refractivity (Wildman–Crippen MR) is 108 cm³/mol. The number of nitrogens with two attached hydrogens (primary N) is 3. The molecule has 0 aliphatic carbocycles. The molecule has 10 nitrogen and oxygen atoms in total. The van der Waals surface area contributed by atoms with E-state index in [-0.39, 0.29) is 24.7 Å². The zero-order valence-electron chi connectivity index (χ0n) is 17.1. The van der Waals surface area contributed by atoms with Gasteiger partial charge in [0.15, 0.2) is 5.96 Å². The smallest absolute Gasteiger partial charge is 0.243 e. The van der Waals surface area contributed by atoms with E-state index in [1.165, 1.54) is 0 Å². The van der Waals surface area contributed by atoms with Crippen LogP contribution in [0, 0.1) is 5.92 Å². The number of aliphatic hydroxyl groups is 1. The second-order valence-electron chi connectivity index (χ2n) is 7.19. The quantitative estimate of drug-likeness (QED) is 0.124. The first-order valence-corrected chi connectivity index (χ1v) is 9.70. The SMILES string of the molecule is CCCC[C@H](NC(=O)CC(O)C(C)C)C(=O)NC(CCCN=C(N)N)C(N)=O. The normalized spacial score (nSPS) is 14.0. The lowest BCUT2D eigenvalue weighted by Crippen LogP contribution is -2.53. The Labute approximate surface area is 166 Å². The third-order valence-electron chi connectivity index (χ3n) is 4.27. The van der Waals surface area contributed by atoms with Crippen molar-refractivity contribution < 1.29 is 19.5 Å². The van der Waals surface area contributed by atoms with Crippen LogP contribution in [-0.2, 0) is 14.4 Å². The maximum Gasteiger partial charge on any atom is 0.243 e. The molecule has 2 unspecified atom stereocenters. The minimum Gasteiger partial charge on any atom is -0.392 e. The summed E-state index contributed by atoms with van der Waals surface area (Å²) in [4.78, 5) is 40.2. The Kier molecular flexibility index (Phi) is 12.6. The number of guanidine groups is 1. The van der Waals surface area contributed by atoms with Crippen LogP contribution in [0.3, 0.4) is 0 Å². The van der Waals surface area contributed by atoms with E-state index in [2.05, 4.69) is 15.6 Å². The molecule has 0 aliphatic heterocycles. The molecule has 9 N–H and O–H groups in total. The van der Waals surface area contributed by atoms with Crippen LogP contribution in [0.4, 0.5) is 0 Å². The fraction of sp³-hybridized carbons (Fsp3) is 0.778. The molecule has 0 aromatic heterocycles. The molecule has 3 amide bonds. The highest BCUT2D eigenvalue weighted by Crippen LogP contribution is 2.08. The van der Waals surface area contributed by atoms with Crippen LogP contribution in [0.15, 0.2) is 4.99 Å². The summed E-state index contributed by atoms with van der Waals surface area (Å²) in [6.07, 6.45) is 1.83. The van der Waals surface area contributed by atoms with Gasteiger partial charge >= 0.3 is 0 Å². The lowest BCUT2D eigenvalue weighted by Gasteiger charge is -2.23. The topological polar surface area (TPSA) is 186 Å². The lowest BCUT2D eigenvalue weighted by molar-refractivity contribution is -0.132. The monoisotopic (exact) mass is 400 g/mol. The third kappa shape index (κ3) is 11.4. The van der Waals surface area contributed by atoms with Crippen LogP contribution >= 0.6 is 0 Å². The van der Waals surface area contributed by atoms with Gasteiger partial charge in [-0.05, 0) is 25.2 Å². The summed E-state index contributed by atoms with van der Waals surface area (Å²) in [5, 5.41) is 15.1. The van der Waals surface area contributed by atoms with Crippen molar-refractivity contribution in [2.75, 3.05) is 6.54 Å². The summed E-state index contributed by atoms with van der Waals surface area (Å²) in [5.74, 6) is -1.69. The number of amides is 3. The number of rotatable bonds is 14. The Hall–Kier alpha value is -2.36. The van der Waals surface area contributed by atoms with Crippen molar-refractivity contribution in [3.8, 4) is 0 Å². The molecule has 162 valence electrons. The van der Waals surface area contributed by atoms with Gasteiger partial charge in [0.1, 0.15) is 12.1 Å². The second kappa shape index (κ2) is 13.8. The summed E-state index contributed by atoms with van der Waals surface area (Å²) in [6, 6.07) is -1.68. The van der Waals surface area contributed by atoms with Crippen molar-refractivity contribution >= 4 is 23.7 Å². The summed E-state index contributed by atoms with van der Waals surface area (Å²) in [5.41, 5.74) is 15.9. The molecule has 0 aromatic rings. The average Bonchev–Trinajstić information content (AvgIpc) is 2.60. The number of aliphatic imine (C=N–C) groups is 1. The zero-order valence-corrected chi connectivity index (χ0v) is 17.1. The molecular formula is C18H36N6O4. The van der Waals surface area contributed by atoms with E-state index >= 15 is 0 Å². The van der Waals surface area contributed by atoms with Crippen molar-refractivity contribution in [1.29, 1.82) is 0 Å². The van der Waals surface area contributed by atoms with Crippen LogP contribution in [-0.4, -0.2) is 53.5 Å². The van der Waals surface area contributed by atoms with Crippen molar-refractivity contribution in [2.24, 2.45) is 28.1 Å². The largest absolute Gasteiger partial charge is 0.392 e. The van der Waals surface area contributed by atoms with Crippen LogP contribution in [0.5, 0.6) is 0 Å². The number of aliphatic hydroxyl groups excluding tert-OH is 1. The molecule has 0 heterocycles. The molecule has 0 rings (SSSR count). The molecule has 3 atom stereocenters. The van der Waals surface area contributed by atoms with E-state index < -0.39 is 35.9 Å². The van der Waals surface area contributed by atoms with Crippen molar-refractivity contribution in [1.82, 2.24) is 10.6 Å². The number of carbonyl (C=O) groups excluding carboxylic acids is 3. The fourth-order valence-electron chi connectivity index (χ4n) is 2.42. The molecule has 0 saturated carbocycles. The van der Waals surface area contributed by atoms with E-state index in [9.17, 15) is 19.5 Å². The van der Waals surface area contributed by atoms with Gasteiger partial charge in [0.25, 0.3) is 0 Å². The molecule has 28 heavy (non-hydrogen) atoms. The van der Waals surface area contributed by atoms with E-state index in [0.29, 0.717) is 19.4 Å². The minimum atomic E-state index is -0.885. The van der Waals surface area contributed by atoms with Gasteiger partial charge in [-0.2, -0.15) is 0 Å². The van der Waals surface area contributed by atoms with E-state index in [0.717, 1.165) is 12.8 Å². The van der Waals surface area contributed by atoms with Crippen LogP contribution < -0.4 is 27.8 Å². The Balaban J connectivity index is 4.87. The van der Waals surface area contributed by atoms with Crippen molar-refractivity contribution in [2.45, 2.75) is 77.5 Å². The number of hydrogen-bond donors (Lipinski definition) is 6. The number of carbonyl (C=O) groups is 3. The maximum absolute atomic E-state index is 12.6. The minimum absolute atomic E-state index is 0.0504. The molecule has 0 spiro atoms. The summed E-state index contributed by atoms with van der Waals surface area (Å²) < 4.78 is 0. The number of hydrogen-bond acceptors (Lipinski definition) is 5. The summed E-state index contributed by atoms with van der Waals surface area (Å²) in [6.45, 7) is 5.89. The van der Waals surface area contributed by atoms with Gasteiger partial charge in [0, 0.05) is 6.54 Å². The van der Waals surface area contributed by atoms with Crippen molar-refractivity contribution in [3.63, 3.8) is 0 Å². The van der Waals surface area contributed by atoms with E-state index in [4.69, 9.17) is 17.2 Å². The highest BCUT2D eigenvalue weighted by molar-refractivity contribution is 5.91. The molecule has 0 radical (unpaired) electrons. The summed E-state index contributed by atoms with van der Waals surface area (Å²) in [7, 11) is 0. The Morgan fingerprint density at radius 3 is 2.11 bits per heavy atom. The first-order chi connectivity index (χ1) is 13.1.